The lowest BCUT2D eigenvalue weighted by Crippen LogP contribution is -2.52. The van der Waals surface area contributed by atoms with Crippen LogP contribution in [0.15, 0.2) is 0 Å². The highest BCUT2D eigenvalue weighted by molar-refractivity contribution is 7.90. The molecule has 1 saturated heterocycles. The lowest BCUT2D eigenvalue weighted by atomic mass is 9.88. The smallest absolute Gasteiger partial charge is 0.239 e. The number of sulfonamides is 2. The van der Waals surface area contributed by atoms with Crippen molar-refractivity contribution < 1.29 is 21.6 Å². The van der Waals surface area contributed by atoms with E-state index in [4.69, 9.17) is 0 Å². The maximum atomic E-state index is 12.6. The molecule has 1 amide bonds. The molecular formula is C16H31N3O5S2. The van der Waals surface area contributed by atoms with Crippen molar-refractivity contribution in [2.24, 2.45) is 5.92 Å². The number of piperidine rings is 1. The number of likely N-dealkylation sites (tertiary alicyclic amines) is 1. The van der Waals surface area contributed by atoms with Crippen LogP contribution in [0.5, 0.6) is 0 Å². The fourth-order valence-electron chi connectivity index (χ4n) is 3.71. The molecule has 1 aliphatic carbocycles. The molecule has 0 radical (unpaired) electrons. The Balaban J connectivity index is 1.92. The highest BCUT2D eigenvalue weighted by Crippen LogP contribution is 2.24. The molecule has 1 atom stereocenters. The Kier molecular flexibility index (Phi) is 7.46. The summed E-state index contributed by atoms with van der Waals surface area (Å²) in [6.07, 6.45) is 7.03. The third kappa shape index (κ3) is 7.13. The van der Waals surface area contributed by atoms with Crippen LogP contribution in [-0.4, -0.2) is 64.8 Å². The van der Waals surface area contributed by atoms with Crippen molar-refractivity contribution in [2.75, 3.05) is 25.1 Å². The molecule has 0 spiro atoms. The highest BCUT2D eigenvalue weighted by Gasteiger charge is 2.31. The summed E-state index contributed by atoms with van der Waals surface area (Å²) in [5, 5.41) is 0. The van der Waals surface area contributed by atoms with E-state index < -0.39 is 31.7 Å². The second kappa shape index (κ2) is 8.99. The topological polar surface area (TPSA) is 113 Å². The minimum absolute atomic E-state index is 0.0898. The molecule has 2 N–H and O–H groups in total. The molecule has 26 heavy (non-hydrogen) atoms. The predicted octanol–water partition coefficient (Wildman–Crippen LogP) is 0.415. The molecular weight excluding hydrogens is 378 g/mol. The van der Waals surface area contributed by atoms with Gasteiger partial charge in [0.25, 0.3) is 0 Å². The van der Waals surface area contributed by atoms with E-state index in [1.807, 2.05) is 0 Å². The SMILES string of the molecule is CC1CCC(NS(=O)(=O)CC(=O)N2CCCCC2CNS(C)(=O)=O)CC1. The van der Waals surface area contributed by atoms with Gasteiger partial charge in [0.05, 0.1) is 6.26 Å². The zero-order chi connectivity index (χ0) is 19.4. The van der Waals surface area contributed by atoms with Gasteiger partial charge in [-0.05, 0) is 50.9 Å². The molecule has 0 aromatic carbocycles. The Morgan fingerprint density at radius 2 is 1.69 bits per heavy atom. The van der Waals surface area contributed by atoms with Gasteiger partial charge in [0.15, 0.2) is 0 Å². The molecule has 2 rings (SSSR count). The number of nitrogens with zero attached hydrogens (tertiary/aromatic N) is 1. The van der Waals surface area contributed by atoms with Crippen LogP contribution in [-0.2, 0) is 24.8 Å². The Hall–Kier alpha value is -0.710. The van der Waals surface area contributed by atoms with Crippen LogP contribution in [0, 0.1) is 5.92 Å². The molecule has 1 saturated carbocycles. The Labute approximate surface area is 157 Å². The van der Waals surface area contributed by atoms with Gasteiger partial charge in [-0.3, -0.25) is 4.79 Å². The molecule has 0 aromatic rings. The first kappa shape index (κ1) is 21.6. The monoisotopic (exact) mass is 409 g/mol. The third-order valence-electron chi connectivity index (χ3n) is 5.20. The van der Waals surface area contributed by atoms with E-state index >= 15 is 0 Å². The number of carbonyl (C=O) groups excluding carboxylic acids is 1. The summed E-state index contributed by atoms with van der Waals surface area (Å²) in [6.45, 7) is 2.75. The van der Waals surface area contributed by atoms with Crippen molar-refractivity contribution in [3.63, 3.8) is 0 Å². The van der Waals surface area contributed by atoms with Gasteiger partial charge in [0.2, 0.25) is 26.0 Å². The zero-order valence-corrected chi connectivity index (χ0v) is 17.2. The molecule has 10 heteroatoms. The largest absolute Gasteiger partial charge is 0.337 e. The van der Waals surface area contributed by atoms with Gasteiger partial charge < -0.3 is 4.90 Å². The van der Waals surface area contributed by atoms with Gasteiger partial charge in [0, 0.05) is 25.2 Å². The van der Waals surface area contributed by atoms with Gasteiger partial charge in [0.1, 0.15) is 5.75 Å². The molecule has 2 aliphatic rings. The van der Waals surface area contributed by atoms with Gasteiger partial charge in [-0.2, -0.15) is 0 Å². The standard InChI is InChI=1S/C16H31N3O5S2/c1-13-6-8-14(9-7-13)18-26(23,24)12-16(20)19-10-4-3-5-15(19)11-17-25(2,21)22/h13-15,17-18H,3-12H2,1-2H3. The molecule has 152 valence electrons. The van der Waals surface area contributed by atoms with Crippen molar-refractivity contribution >= 4 is 26.0 Å². The average Bonchev–Trinajstić information content (AvgIpc) is 2.54. The molecule has 0 bridgehead atoms. The number of hydrogen-bond donors (Lipinski definition) is 2. The van der Waals surface area contributed by atoms with E-state index in [2.05, 4.69) is 16.4 Å². The molecule has 1 heterocycles. The van der Waals surface area contributed by atoms with Crippen molar-refractivity contribution in [1.29, 1.82) is 0 Å². The summed E-state index contributed by atoms with van der Waals surface area (Å²) in [7, 11) is -7.04. The second-order valence-corrected chi connectivity index (χ2v) is 11.3. The van der Waals surface area contributed by atoms with Crippen molar-refractivity contribution in [2.45, 2.75) is 64.0 Å². The molecule has 8 nitrogen and oxygen atoms in total. The van der Waals surface area contributed by atoms with Gasteiger partial charge in [-0.1, -0.05) is 6.92 Å². The number of hydrogen-bond acceptors (Lipinski definition) is 5. The number of nitrogens with one attached hydrogen (secondary N) is 2. The summed E-state index contributed by atoms with van der Waals surface area (Å²) < 4.78 is 52.5. The van der Waals surface area contributed by atoms with Gasteiger partial charge in [-0.25, -0.2) is 26.3 Å². The van der Waals surface area contributed by atoms with Gasteiger partial charge in [-0.15, -0.1) is 0 Å². The van der Waals surface area contributed by atoms with E-state index in [1.54, 1.807) is 0 Å². The van der Waals surface area contributed by atoms with E-state index in [0.29, 0.717) is 18.9 Å². The highest BCUT2D eigenvalue weighted by atomic mass is 32.2. The van der Waals surface area contributed by atoms with E-state index in [0.717, 1.165) is 44.8 Å². The molecule has 2 fully saturated rings. The first-order valence-electron chi connectivity index (χ1n) is 9.30. The lowest BCUT2D eigenvalue weighted by Gasteiger charge is -2.36. The molecule has 1 aliphatic heterocycles. The first-order chi connectivity index (χ1) is 12.1. The molecule has 0 aromatic heterocycles. The summed E-state index contributed by atoms with van der Waals surface area (Å²) in [5.74, 6) is -0.412. The predicted molar refractivity (Wildman–Crippen MR) is 101 cm³/mol. The summed E-state index contributed by atoms with van der Waals surface area (Å²) in [4.78, 5) is 14.1. The maximum absolute atomic E-state index is 12.6. The van der Waals surface area contributed by atoms with E-state index in [1.165, 1.54) is 4.90 Å². The first-order valence-corrected chi connectivity index (χ1v) is 12.8. The van der Waals surface area contributed by atoms with Gasteiger partial charge >= 0.3 is 0 Å². The lowest BCUT2D eigenvalue weighted by molar-refractivity contribution is -0.131. The fourth-order valence-corrected chi connectivity index (χ4v) is 5.52. The summed E-state index contributed by atoms with van der Waals surface area (Å²) in [5.41, 5.74) is 0. The second-order valence-electron chi connectivity index (χ2n) is 7.69. The summed E-state index contributed by atoms with van der Waals surface area (Å²) in [6, 6.07) is -0.384. The van der Waals surface area contributed by atoms with Crippen molar-refractivity contribution in [3.8, 4) is 0 Å². The van der Waals surface area contributed by atoms with Crippen LogP contribution in [0.25, 0.3) is 0 Å². The summed E-state index contributed by atoms with van der Waals surface area (Å²) >= 11 is 0. The molecule has 1 unspecified atom stereocenters. The Bertz CT molecular complexity index is 685. The van der Waals surface area contributed by atoms with Crippen LogP contribution in [0.2, 0.25) is 0 Å². The zero-order valence-electron chi connectivity index (χ0n) is 15.6. The average molecular weight is 410 g/mol. The number of carbonyl (C=O) groups is 1. The quantitative estimate of drug-likeness (QED) is 0.633. The fraction of sp³-hybridized carbons (Fsp3) is 0.938. The van der Waals surface area contributed by atoms with Crippen LogP contribution >= 0.6 is 0 Å². The van der Waals surface area contributed by atoms with Crippen LogP contribution < -0.4 is 9.44 Å². The Morgan fingerprint density at radius 1 is 1.04 bits per heavy atom. The van der Waals surface area contributed by atoms with Crippen molar-refractivity contribution in [3.05, 3.63) is 0 Å². The normalized spacial score (nSPS) is 28.1. The minimum atomic E-state index is -3.69. The van der Waals surface area contributed by atoms with Crippen molar-refractivity contribution in [1.82, 2.24) is 14.3 Å². The Morgan fingerprint density at radius 3 is 2.31 bits per heavy atom. The number of rotatable bonds is 7. The third-order valence-corrected chi connectivity index (χ3v) is 7.21. The number of amides is 1. The maximum Gasteiger partial charge on any atom is 0.239 e. The van der Waals surface area contributed by atoms with E-state index in [-0.39, 0.29) is 18.6 Å². The van der Waals surface area contributed by atoms with Crippen LogP contribution in [0.4, 0.5) is 0 Å². The minimum Gasteiger partial charge on any atom is -0.337 e. The van der Waals surface area contributed by atoms with E-state index in [9.17, 15) is 21.6 Å². The van der Waals surface area contributed by atoms with Crippen LogP contribution in [0.3, 0.4) is 0 Å². The van der Waals surface area contributed by atoms with Crippen LogP contribution in [0.1, 0.15) is 51.9 Å².